The van der Waals surface area contributed by atoms with Gasteiger partial charge in [-0.15, -0.1) is 0 Å². The number of ether oxygens (including phenoxy) is 3. The fourth-order valence-electron chi connectivity index (χ4n) is 3.67. The first-order valence-electron chi connectivity index (χ1n) is 9.80. The average Bonchev–Trinajstić information content (AvgIpc) is 3.12. The molecular weight excluding hydrogens is 358 g/mol. The molecule has 0 unspecified atom stereocenters. The van der Waals surface area contributed by atoms with E-state index in [1.54, 1.807) is 11.0 Å². The molecule has 2 aliphatic heterocycles. The molecule has 0 radical (unpaired) electrons. The molecule has 0 spiro atoms. The van der Waals surface area contributed by atoms with Crippen LogP contribution in [0.15, 0.2) is 24.3 Å². The van der Waals surface area contributed by atoms with E-state index in [1.807, 2.05) is 32.9 Å². The third-order valence-electron chi connectivity index (χ3n) is 5.09. The van der Waals surface area contributed by atoms with Crippen molar-refractivity contribution >= 4 is 17.6 Å². The van der Waals surface area contributed by atoms with E-state index in [9.17, 15) is 9.59 Å². The fourth-order valence-corrected chi connectivity index (χ4v) is 3.67. The number of esters is 1. The van der Waals surface area contributed by atoms with E-state index in [4.69, 9.17) is 14.2 Å². The van der Waals surface area contributed by atoms with Crippen molar-refractivity contribution < 1.29 is 23.8 Å². The molecule has 1 saturated heterocycles. The maximum absolute atomic E-state index is 12.3. The first kappa shape index (κ1) is 20.2. The van der Waals surface area contributed by atoms with Gasteiger partial charge in [-0.25, -0.2) is 9.59 Å². The molecule has 1 aromatic rings. The molecule has 0 bridgehead atoms. The van der Waals surface area contributed by atoms with Crippen LogP contribution in [0.1, 0.15) is 44.7 Å². The first-order valence-corrected chi connectivity index (χ1v) is 9.80. The Labute approximate surface area is 166 Å². The number of likely N-dealkylation sites (tertiary alicyclic amines) is 1. The van der Waals surface area contributed by atoms with Gasteiger partial charge in [-0.2, -0.15) is 0 Å². The number of carbonyl (C=O) groups is 2. The number of rotatable bonds is 3. The number of methoxy groups -OCH3 is 1. The molecule has 1 aromatic carbocycles. The topological polar surface area (TPSA) is 65.1 Å². The Kier molecular flexibility index (Phi) is 5.96. The van der Waals surface area contributed by atoms with Crippen molar-refractivity contribution in [2.24, 2.45) is 5.92 Å². The standard InChI is InChI=1S/C22H29NO5/c1-22(2,3)28-21(25)23-10-7-15(8-11-23)18(14-20(24)26-4)17-6-5-16-9-12-27-19(16)13-17/h5-6,13-15H,7-12H2,1-4H3/b18-14-. The highest BCUT2D eigenvalue weighted by Crippen LogP contribution is 2.36. The summed E-state index contributed by atoms with van der Waals surface area (Å²) in [6.45, 7) is 7.49. The predicted molar refractivity (Wildman–Crippen MR) is 106 cm³/mol. The fraction of sp³-hybridized carbons (Fsp3) is 0.545. The molecular formula is C22H29NO5. The van der Waals surface area contributed by atoms with Gasteiger partial charge in [0, 0.05) is 25.6 Å². The molecule has 0 aliphatic carbocycles. The van der Waals surface area contributed by atoms with Crippen LogP contribution in [0, 0.1) is 5.92 Å². The van der Waals surface area contributed by atoms with Gasteiger partial charge in [-0.3, -0.25) is 0 Å². The first-order chi connectivity index (χ1) is 13.3. The predicted octanol–water partition coefficient (Wildman–Crippen LogP) is 3.83. The molecule has 28 heavy (non-hydrogen) atoms. The van der Waals surface area contributed by atoms with Crippen molar-refractivity contribution in [3.8, 4) is 5.75 Å². The number of nitrogens with zero attached hydrogens (tertiary/aromatic N) is 1. The zero-order valence-electron chi connectivity index (χ0n) is 17.1. The molecule has 0 saturated carbocycles. The van der Waals surface area contributed by atoms with Gasteiger partial charge >= 0.3 is 12.1 Å². The third kappa shape index (κ3) is 4.86. The normalized spacial score (nSPS) is 17.7. The van der Waals surface area contributed by atoms with E-state index in [2.05, 4.69) is 6.07 Å². The Morgan fingerprint density at radius 2 is 1.93 bits per heavy atom. The summed E-state index contributed by atoms with van der Waals surface area (Å²) < 4.78 is 16.0. The van der Waals surface area contributed by atoms with Gasteiger partial charge in [-0.1, -0.05) is 12.1 Å². The smallest absolute Gasteiger partial charge is 0.410 e. The second kappa shape index (κ2) is 8.25. The summed E-state index contributed by atoms with van der Waals surface area (Å²) in [5.74, 6) is 0.683. The molecule has 1 amide bonds. The Morgan fingerprint density at radius 1 is 1.21 bits per heavy atom. The van der Waals surface area contributed by atoms with E-state index in [0.29, 0.717) is 19.7 Å². The van der Waals surface area contributed by atoms with Crippen molar-refractivity contribution in [3.63, 3.8) is 0 Å². The molecule has 3 rings (SSSR count). The zero-order chi connectivity index (χ0) is 20.3. The number of hydrogen-bond acceptors (Lipinski definition) is 5. The Balaban J connectivity index is 1.75. The molecule has 152 valence electrons. The monoisotopic (exact) mass is 387 g/mol. The van der Waals surface area contributed by atoms with Crippen LogP contribution in [0.25, 0.3) is 5.57 Å². The van der Waals surface area contributed by atoms with Crippen LogP contribution in [0.5, 0.6) is 5.75 Å². The highest BCUT2D eigenvalue weighted by Gasteiger charge is 2.29. The average molecular weight is 387 g/mol. The summed E-state index contributed by atoms with van der Waals surface area (Å²) in [5, 5.41) is 0. The number of fused-ring (bicyclic) bond motifs is 1. The molecule has 2 aliphatic rings. The van der Waals surface area contributed by atoms with Crippen LogP contribution in [-0.2, 0) is 20.7 Å². The Hall–Kier alpha value is -2.50. The van der Waals surface area contributed by atoms with Gasteiger partial charge in [0.2, 0.25) is 0 Å². The van der Waals surface area contributed by atoms with Crippen LogP contribution in [0.2, 0.25) is 0 Å². The van der Waals surface area contributed by atoms with E-state index >= 15 is 0 Å². The van der Waals surface area contributed by atoms with Crippen molar-refractivity contribution in [1.29, 1.82) is 0 Å². The second-order valence-electron chi connectivity index (χ2n) is 8.29. The molecule has 6 heteroatoms. The summed E-state index contributed by atoms with van der Waals surface area (Å²) in [5.41, 5.74) is 2.60. The van der Waals surface area contributed by atoms with Crippen molar-refractivity contribution in [1.82, 2.24) is 4.90 Å². The SMILES string of the molecule is COC(=O)/C=C(\c1ccc2c(c1)OCC2)C1CCN(C(=O)OC(C)(C)C)CC1. The molecule has 0 N–H and O–H groups in total. The lowest BCUT2D eigenvalue weighted by Gasteiger charge is -2.34. The second-order valence-corrected chi connectivity index (χ2v) is 8.29. The summed E-state index contributed by atoms with van der Waals surface area (Å²) in [6.07, 6.45) is 3.74. The quantitative estimate of drug-likeness (QED) is 0.583. The lowest BCUT2D eigenvalue weighted by atomic mass is 9.84. The molecule has 1 fully saturated rings. The summed E-state index contributed by atoms with van der Waals surface area (Å²) in [4.78, 5) is 26.0. The highest BCUT2D eigenvalue weighted by atomic mass is 16.6. The number of benzene rings is 1. The maximum atomic E-state index is 12.3. The van der Waals surface area contributed by atoms with Crippen molar-refractivity contribution in [3.05, 3.63) is 35.4 Å². The molecule has 6 nitrogen and oxygen atoms in total. The minimum absolute atomic E-state index is 0.164. The lowest BCUT2D eigenvalue weighted by molar-refractivity contribution is -0.134. The minimum atomic E-state index is -0.506. The van der Waals surface area contributed by atoms with Crippen LogP contribution >= 0.6 is 0 Å². The lowest BCUT2D eigenvalue weighted by Crippen LogP contribution is -2.41. The summed E-state index contributed by atoms with van der Waals surface area (Å²) >= 11 is 0. The highest BCUT2D eigenvalue weighted by molar-refractivity contribution is 5.92. The van der Waals surface area contributed by atoms with Gasteiger partial charge in [-0.05, 0) is 62.3 Å². The van der Waals surface area contributed by atoms with Gasteiger partial charge in [0.05, 0.1) is 13.7 Å². The van der Waals surface area contributed by atoms with Crippen molar-refractivity contribution in [2.75, 3.05) is 26.8 Å². The van der Waals surface area contributed by atoms with Crippen LogP contribution in [-0.4, -0.2) is 49.4 Å². The summed E-state index contributed by atoms with van der Waals surface area (Å²) in [6, 6.07) is 6.12. The van der Waals surface area contributed by atoms with Gasteiger partial charge < -0.3 is 19.1 Å². The van der Waals surface area contributed by atoms with Gasteiger partial charge in [0.1, 0.15) is 11.4 Å². The maximum Gasteiger partial charge on any atom is 0.410 e. The van der Waals surface area contributed by atoms with Gasteiger partial charge in [0.25, 0.3) is 0 Å². The Morgan fingerprint density at radius 3 is 2.57 bits per heavy atom. The van der Waals surface area contributed by atoms with Crippen molar-refractivity contribution in [2.45, 2.75) is 45.6 Å². The third-order valence-corrected chi connectivity index (χ3v) is 5.09. The van der Waals surface area contributed by atoms with Gasteiger partial charge in [0.15, 0.2) is 0 Å². The molecule has 0 aromatic heterocycles. The van der Waals surface area contributed by atoms with Crippen LogP contribution < -0.4 is 4.74 Å². The number of carbonyl (C=O) groups excluding carboxylic acids is 2. The van der Waals surface area contributed by atoms with E-state index in [1.165, 1.54) is 12.7 Å². The summed E-state index contributed by atoms with van der Waals surface area (Å²) in [7, 11) is 1.38. The minimum Gasteiger partial charge on any atom is -0.493 e. The largest absolute Gasteiger partial charge is 0.493 e. The Bertz CT molecular complexity index is 770. The van der Waals surface area contributed by atoms with E-state index in [-0.39, 0.29) is 18.0 Å². The number of amides is 1. The van der Waals surface area contributed by atoms with Crippen LogP contribution in [0.3, 0.4) is 0 Å². The number of hydrogen-bond donors (Lipinski definition) is 0. The van der Waals surface area contributed by atoms with E-state index in [0.717, 1.165) is 36.1 Å². The zero-order valence-corrected chi connectivity index (χ0v) is 17.1. The van der Waals surface area contributed by atoms with E-state index < -0.39 is 5.60 Å². The number of allylic oxidation sites excluding steroid dienone is 1. The molecule has 0 atom stereocenters. The molecule has 2 heterocycles. The van der Waals surface area contributed by atoms with Crippen LogP contribution in [0.4, 0.5) is 4.79 Å². The number of piperidine rings is 1.